The van der Waals surface area contributed by atoms with E-state index in [-0.39, 0.29) is 11.2 Å². The van der Waals surface area contributed by atoms with Gasteiger partial charge in [0.1, 0.15) is 11.4 Å². The molecule has 0 spiro atoms. The van der Waals surface area contributed by atoms with Crippen molar-refractivity contribution in [2.45, 2.75) is 32.8 Å². The van der Waals surface area contributed by atoms with Crippen molar-refractivity contribution in [2.24, 2.45) is 5.41 Å². The van der Waals surface area contributed by atoms with Crippen LogP contribution in [0.25, 0.3) is 0 Å². The second-order valence-electron chi connectivity index (χ2n) is 5.51. The summed E-state index contributed by atoms with van der Waals surface area (Å²) in [5.74, 6) is 1.43. The largest absolute Gasteiger partial charge is 0.384 e. The number of halogens is 1. The van der Waals surface area contributed by atoms with Crippen molar-refractivity contribution in [3.63, 3.8) is 0 Å². The molecular weight excluding hydrogens is 235 g/mol. The summed E-state index contributed by atoms with van der Waals surface area (Å²) in [6, 6.07) is 4.69. The zero-order valence-electron chi connectivity index (χ0n) is 10.6. The van der Waals surface area contributed by atoms with Gasteiger partial charge in [0.25, 0.3) is 0 Å². The van der Waals surface area contributed by atoms with Crippen LogP contribution in [-0.4, -0.2) is 16.6 Å². The van der Waals surface area contributed by atoms with Crippen molar-refractivity contribution in [1.82, 2.24) is 0 Å². The molecule has 1 saturated heterocycles. The van der Waals surface area contributed by atoms with Gasteiger partial charge in [0.2, 0.25) is 0 Å². The van der Waals surface area contributed by atoms with Crippen molar-refractivity contribution >= 4 is 11.8 Å². The molecule has 0 aromatic heterocycles. The lowest BCUT2D eigenvalue weighted by molar-refractivity contribution is -0.0585. The Kier molecular flexibility index (Phi) is 3.25. The van der Waals surface area contributed by atoms with Gasteiger partial charge in [-0.3, -0.25) is 0 Å². The highest BCUT2D eigenvalue weighted by atomic mass is 32.2. The molecule has 0 amide bonds. The van der Waals surface area contributed by atoms with Gasteiger partial charge in [-0.2, -0.15) is 11.8 Å². The van der Waals surface area contributed by atoms with Gasteiger partial charge < -0.3 is 5.11 Å². The molecule has 1 nitrogen and oxygen atoms in total. The van der Waals surface area contributed by atoms with Crippen LogP contribution >= 0.6 is 11.8 Å². The minimum Gasteiger partial charge on any atom is -0.384 e. The first-order valence-electron chi connectivity index (χ1n) is 5.94. The van der Waals surface area contributed by atoms with Crippen LogP contribution in [0.15, 0.2) is 18.2 Å². The zero-order valence-corrected chi connectivity index (χ0v) is 11.4. The molecule has 1 aromatic carbocycles. The maximum atomic E-state index is 13.4. The van der Waals surface area contributed by atoms with Gasteiger partial charge in [0, 0.05) is 5.75 Å². The second kappa shape index (κ2) is 4.29. The fourth-order valence-corrected chi connectivity index (χ4v) is 4.07. The summed E-state index contributed by atoms with van der Waals surface area (Å²) in [7, 11) is 0. The zero-order chi connectivity index (χ0) is 12.7. The number of hydrogen-bond donors (Lipinski definition) is 1. The van der Waals surface area contributed by atoms with Crippen LogP contribution in [0.1, 0.15) is 31.4 Å². The Morgan fingerprint density at radius 1 is 1.35 bits per heavy atom. The van der Waals surface area contributed by atoms with Crippen molar-refractivity contribution in [1.29, 1.82) is 0 Å². The second-order valence-corrected chi connectivity index (χ2v) is 6.61. The van der Waals surface area contributed by atoms with Crippen LogP contribution in [0.2, 0.25) is 0 Å². The fourth-order valence-electron chi connectivity index (χ4n) is 2.43. The van der Waals surface area contributed by atoms with E-state index in [9.17, 15) is 9.50 Å². The molecule has 0 saturated carbocycles. The molecule has 0 radical (unpaired) electrons. The summed E-state index contributed by atoms with van der Waals surface area (Å²) in [6.45, 7) is 6.07. The first-order chi connectivity index (χ1) is 7.87. The van der Waals surface area contributed by atoms with Crippen LogP contribution in [0.4, 0.5) is 4.39 Å². The number of aryl methyl sites for hydroxylation is 1. The monoisotopic (exact) mass is 254 g/mol. The molecule has 1 aliphatic rings. The summed E-state index contributed by atoms with van der Waals surface area (Å²) < 4.78 is 13.4. The Bertz CT molecular complexity index is 430. The highest BCUT2D eigenvalue weighted by Crippen LogP contribution is 2.49. The van der Waals surface area contributed by atoms with E-state index in [1.807, 2.05) is 6.92 Å². The van der Waals surface area contributed by atoms with Crippen LogP contribution < -0.4 is 0 Å². The summed E-state index contributed by atoms with van der Waals surface area (Å²) in [5.41, 5.74) is 0.568. The van der Waals surface area contributed by atoms with Gasteiger partial charge in [-0.1, -0.05) is 19.9 Å². The highest BCUT2D eigenvalue weighted by Gasteiger charge is 2.47. The maximum Gasteiger partial charge on any atom is 0.123 e. The summed E-state index contributed by atoms with van der Waals surface area (Å²) in [4.78, 5) is 0. The topological polar surface area (TPSA) is 20.2 Å². The Morgan fingerprint density at radius 2 is 2.06 bits per heavy atom. The third-order valence-corrected chi connectivity index (χ3v) is 5.06. The molecule has 1 unspecified atom stereocenters. The number of rotatable bonds is 1. The average molecular weight is 254 g/mol. The summed E-state index contributed by atoms with van der Waals surface area (Å²) in [6.07, 6.45) is 0.949. The third kappa shape index (κ3) is 2.11. The molecule has 1 heterocycles. The summed E-state index contributed by atoms with van der Waals surface area (Å²) in [5, 5.41) is 11.0. The minimum atomic E-state index is -0.928. The first kappa shape index (κ1) is 12.9. The molecule has 1 aliphatic heterocycles. The standard InChI is InChI=1S/C14H19FOS/c1-10-4-5-11(15)8-12(10)14(16)9-17-7-6-13(14,2)3/h4-5,8,16H,6-7,9H2,1-3H3. The number of benzene rings is 1. The minimum absolute atomic E-state index is 0.212. The van der Waals surface area contributed by atoms with Gasteiger partial charge in [0.15, 0.2) is 0 Å². The predicted octanol–water partition coefficient (Wildman–Crippen LogP) is 3.48. The molecule has 3 heteroatoms. The SMILES string of the molecule is Cc1ccc(F)cc1C1(O)CSCCC1(C)C. The van der Waals surface area contributed by atoms with E-state index in [4.69, 9.17) is 0 Å². The summed E-state index contributed by atoms with van der Waals surface area (Å²) >= 11 is 1.74. The van der Waals surface area contributed by atoms with Crippen LogP contribution in [0.5, 0.6) is 0 Å². The lowest BCUT2D eigenvalue weighted by atomic mass is 9.69. The van der Waals surface area contributed by atoms with E-state index in [1.54, 1.807) is 17.8 Å². The fraction of sp³-hybridized carbons (Fsp3) is 0.571. The Hall–Kier alpha value is -0.540. The van der Waals surface area contributed by atoms with Crippen LogP contribution in [0.3, 0.4) is 0 Å². The quantitative estimate of drug-likeness (QED) is 0.828. The molecule has 17 heavy (non-hydrogen) atoms. The van der Waals surface area contributed by atoms with Crippen molar-refractivity contribution in [3.8, 4) is 0 Å². The molecule has 0 bridgehead atoms. The molecule has 0 aliphatic carbocycles. The normalized spacial score (nSPS) is 28.1. The highest BCUT2D eigenvalue weighted by molar-refractivity contribution is 7.99. The van der Waals surface area contributed by atoms with Gasteiger partial charge in [-0.15, -0.1) is 0 Å². The van der Waals surface area contributed by atoms with Gasteiger partial charge in [-0.05, 0) is 47.8 Å². The molecular formula is C14H19FOS. The average Bonchev–Trinajstić information content (AvgIpc) is 2.26. The van der Waals surface area contributed by atoms with E-state index < -0.39 is 5.60 Å². The van der Waals surface area contributed by atoms with Crippen LogP contribution in [-0.2, 0) is 5.60 Å². The van der Waals surface area contributed by atoms with Crippen molar-refractivity contribution < 1.29 is 9.50 Å². The van der Waals surface area contributed by atoms with Crippen LogP contribution in [0, 0.1) is 18.2 Å². The predicted molar refractivity (Wildman–Crippen MR) is 70.8 cm³/mol. The van der Waals surface area contributed by atoms with Crippen molar-refractivity contribution in [3.05, 3.63) is 35.1 Å². The molecule has 94 valence electrons. The molecule has 1 atom stereocenters. The van der Waals surface area contributed by atoms with E-state index in [2.05, 4.69) is 13.8 Å². The first-order valence-corrected chi connectivity index (χ1v) is 7.09. The van der Waals surface area contributed by atoms with Crippen molar-refractivity contribution in [2.75, 3.05) is 11.5 Å². The van der Waals surface area contributed by atoms with E-state index >= 15 is 0 Å². The third-order valence-electron chi connectivity index (χ3n) is 3.95. The van der Waals surface area contributed by atoms with Gasteiger partial charge in [0.05, 0.1) is 0 Å². The molecule has 1 fully saturated rings. The molecule has 1 aromatic rings. The molecule has 2 rings (SSSR count). The Balaban J connectivity index is 2.52. The Morgan fingerprint density at radius 3 is 2.71 bits per heavy atom. The van der Waals surface area contributed by atoms with Gasteiger partial charge >= 0.3 is 0 Å². The van der Waals surface area contributed by atoms with E-state index in [1.165, 1.54) is 12.1 Å². The number of aliphatic hydroxyl groups is 1. The molecule has 1 N–H and O–H groups in total. The smallest absolute Gasteiger partial charge is 0.123 e. The maximum absolute atomic E-state index is 13.4. The van der Waals surface area contributed by atoms with Gasteiger partial charge in [-0.25, -0.2) is 4.39 Å². The number of hydrogen-bond acceptors (Lipinski definition) is 2. The lowest BCUT2D eigenvalue weighted by Gasteiger charge is -2.47. The van der Waals surface area contributed by atoms with E-state index in [0.717, 1.165) is 23.3 Å². The number of thioether (sulfide) groups is 1. The van der Waals surface area contributed by atoms with E-state index in [0.29, 0.717) is 5.75 Å². The lowest BCUT2D eigenvalue weighted by Crippen LogP contribution is -2.47. The Labute approximate surface area is 106 Å².